The first-order valence-electron chi connectivity index (χ1n) is 15.0. The van der Waals surface area contributed by atoms with Gasteiger partial charge in [-0.25, -0.2) is 0 Å². The monoisotopic (exact) mass is 527 g/mol. The summed E-state index contributed by atoms with van der Waals surface area (Å²) in [6, 6.07) is 17.0. The smallest absolute Gasteiger partial charge is 0.256 e. The first-order valence-corrected chi connectivity index (χ1v) is 15.0. The highest BCUT2D eigenvalue weighted by molar-refractivity contribution is 6.07. The molecule has 0 atom stereocenters. The summed E-state index contributed by atoms with van der Waals surface area (Å²) in [6.45, 7) is 3.50. The van der Waals surface area contributed by atoms with Crippen LogP contribution in [0.2, 0.25) is 0 Å². The predicted octanol–water partition coefficient (Wildman–Crippen LogP) is 6.15. The molecule has 3 aliphatic rings. The van der Waals surface area contributed by atoms with Crippen molar-refractivity contribution in [3.8, 4) is 0 Å². The maximum absolute atomic E-state index is 13.3. The number of hydrogen-bond donors (Lipinski definition) is 1. The molecule has 6 heteroatoms. The summed E-state index contributed by atoms with van der Waals surface area (Å²) in [7, 11) is 0. The van der Waals surface area contributed by atoms with Crippen molar-refractivity contribution in [1.29, 1.82) is 0 Å². The number of rotatable bonds is 6. The van der Waals surface area contributed by atoms with Crippen LogP contribution >= 0.6 is 0 Å². The van der Waals surface area contributed by atoms with Crippen LogP contribution in [0.5, 0.6) is 0 Å². The first kappa shape index (κ1) is 26.1. The van der Waals surface area contributed by atoms with E-state index in [0.717, 1.165) is 54.3 Å². The number of carbonyl (C=O) groups is 2. The van der Waals surface area contributed by atoms with Crippen LogP contribution in [0.1, 0.15) is 90.0 Å². The van der Waals surface area contributed by atoms with Crippen molar-refractivity contribution >= 4 is 22.7 Å². The molecule has 0 spiro atoms. The van der Waals surface area contributed by atoms with Crippen molar-refractivity contribution < 1.29 is 14.3 Å². The molecule has 0 bridgehead atoms. The van der Waals surface area contributed by atoms with Gasteiger partial charge in [-0.3, -0.25) is 9.59 Å². The Labute approximate surface area is 231 Å². The van der Waals surface area contributed by atoms with Crippen molar-refractivity contribution in [3.63, 3.8) is 0 Å². The molecule has 1 N–H and O–H groups in total. The van der Waals surface area contributed by atoms with Crippen molar-refractivity contribution in [2.24, 2.45) is 5.92 Å². The summed E-state index contributed by atoms with van der Waals surface area (Å²) >= 11 is 0. The Hall–Kier alpha value is -3.12. The molecular formula is C33H41N3O3. The lowest BCUT2D eigenvalue weighted by Gasteiger charge is -2.29. The number of aromatic nitrogens is 1. The number of hydrogen-bond acceptors (Lipinski definition) is 3. The van der Waals surface area contributed by atoms with Gasteiger partial charge in [-0.2, -0.15) is 0 Å². The SMILES string of the molecule is O=C(NC1CCCCC1)c1ccc(C2CCC(Cn3cc(C(=O)N4CCOCC4)c4ccccc43)CC2)cc1. The molecule has 6 nitrogen and oxygen atoms in total. The van der Waals surface area contributed by atoms with Gasteiger partial charge in [-0.15, -0.1) is 0 Å². The number of fused-ring (bicyclic) bond motifs is 1. The number of morpholine rings is 1. The highest BCUT2D eigenvalue weighted by Crippen LogP contribution is 2.37. The van der Waals surface area contributed by atoms with Crippen LogP contribution < -0.4 is 5.32 Å². The third kappa shape index (κ3) is 5.91. The zero-order valence-electron chi connectivity index (χ0n) is 22.9. The van der Waals surface area contributed by atoms with Crippen molar-refractivity contribution in [2.75, 3.05) is 26.3 Å². The summed E-state index contributed by atoms with van der Waals surface area (Å²) in [5.74, 6) is 1.34. The molecule has 1 aliphatic heterocycles. The molecule has 6 rings (SSSR count). The summed E-state index contributed by atoms with van der Waals surface area (Å²) in [4.78, 5) is 27.9. The lowest BCUT2D eigenvalue weighted by atomic mass is 9.78. The van der Waals surface area contributed by atoms with Crippen LogP contribution in [0.4, 0.5) is 0 Å². The number of carbonyl (C=O) groups excluding carboxylic acids is 2. The van der Waals surface area contributed by atoms with Gasteiger partial charge >= 0.3 is 0 Å². The van der Waals surface area contributed by atoms with Gasteiger partial charge in [0.25, 0.3) is 11.8 Å². The Morgan fingerprint density at radius 2 is 1.56 bits per heavy atom. The van der Waals surface area contributed by atoms with Gasteiger partial charge in [0.2, 0.25) is 0 Å². The Morgan fingerprint density at radius 3 is 2.31 bits per heavy atom. The van der Waals surface area contributed by atoms with Gasteiger partial charge < -0.3 is 19.5 Å². The molecule has 206 valence electrons. The summed E-state index contributed by atoms with van der Waals surface area (Å²) < 4.78 is 7.76. The van der Waals surface area contributed by atoms with E-state index in [1.807, 2.05) is 23.1 Å². The molecule has 0 unspecified atom stereocenters. The number of para-hydroxylation sites is 1. The molecule has 0 radical (unpaired) electrons. The third-order valence-corrected chi connectivity index (χ3v) is 9.20. The van der Waals surface area contributed by atoms with E-state index >= 15 is 0 Å². The lowest BCUT2D eigenvalue weighted by molar-refractivity contribution is 0.0304. The molecule has 2 saturated carbocycles. The van der Waals surface area contributed by atoms with Crippen molar-refractivity contribution in [3.05, 3.63) is 71.4 Å². The van der Waals surface area contributed by atoms with Gasteiger partial charge in [0.15, 0.2) is 0 Å². The molecule has 3 aromatic rings. The topological polar surface area (TPSA) is 63.6 Å². The Balaban J connectivity index is 1.06. The van der Waals surface area contributed by atoms with Gasteiger partial charge in [-0.05, 0) is 74.1 Å². The molecule has 39 heavy (non-hydrogen) atoms. The molecule has 3 fully saturated rings. The largest absolute Gasteiger partial charge is 0.378 e. The number of benzene rings is 2. The van der Waals surface area contributed by atoms with Crippen LogP contribution in [-0.4, -0.2) is 53.6 Å². The molecular weight excluding hydrogens is 486 g/mol. The van der Waals surface area contributed by atoms with Gasteiger partial charge in [0, 0.05) is 48.3 Å². The Kier molecular flexibility index (Phi) is 8.00. The highest BCUT2D eigenvalue weighted by atomic mass is 16.5. The van der Waals surface area contributed by atoms with E-state index in [2.05, 4.69) is 46.4 Å². The number of nitrogens with zero attached hydrogens (tertiary/aromatic N) is 2. The maximum Gasteiger partial charge on any atom is 0.256 e. The third-order valence-electron chi connectivity index (χ3n) is 9.20. The molecule has 2 aliphatic carbocycles. The van der Waals surface area contributed by atoms with Gasteiger partial charge in [-0.1, -0.05) is 49.6 Å². The van der Waals surface area contributed by atoms with E-state index in [0.29, 0.717) is 44.2 Å². The fourth-order valence-corrected chi connectivity index (χ4v) is 6.88. The normalized spacial score (nSPS) is 22.6. The minimum absolute atomic E-state index is 0.0718. The van der Waals surface area contributed by atoms with E-state index in [4.69, 9.17) is 4.74 Å². The molecule has 2 heterocycles. The fraction of sp³-hybridized carbons (Fsp3) is 0.515. The van der Waals surface area contributed by atoms with E-state index in [1.165, 1.54) is 37.7 Å². The zero-order chi connectivity index (χ0) is 26.6. The van der Waals surface area contributed by atoms with E-state index in [9.17, 15) is 9.59 Å². The molecule has 2 amide bonds. The highest BCUT2D eigenvalue weighted by Gasteiger charge is 2.26. The lowest BCUT2D eigenvalue weighted by Crippen LogP contribution is -2.40. The van der Waals surface area contributed by atoms with E-state index < -0.39 is 0 Å². The van der Waals surface area contributed by atoms with Gasteiger partial charge in [0.1, 0.15) is 0 Å². The van der Waals surface area contributed by atoms with Crippen molar-refractivity contribution in [1.82, 2.24) is 14.8 Å². The quantitative estimate of drug-likeness (QED) is 0.418. The maximum atomic E-state index is 13.3. The standard InChI is InChI=1S/C33H41N3O3/c37-32(34-28-6-2-1-3-7-28)27-16-14-26(15-17-27)25-12-10-24(11-13-25)22-36-23-30(29-8-4-5-9-31(29)36)33(38)35-18-20-39-21-19-35/h4-5,8-9,14-17,23-25,28H,1-3,6-7,10-13,18-22H2,(H,34,37). The van der Waals surface area contributed by atoms with Crippen LogP contribution in [0, 0.1) is 5.92 Å². The average Bonchev–Trinajstić information content (AvgIpc) is 3.36. The molecule has 1 saturated heterocycles. The zero-order valence-corrected chi connectivity index (χ0v) is 22.9. The second-order valence-electron chi connectivity index (χ2n) is 11.8. The molecule has 1 aromatic heterocycles. The van der Waals surface area contributed by atoms with E-state index in [-0.39, 0.29) is 11.8 Å². The number of nitrogens with one attached hydrogen (secondary N) is 1. The first-order chi connectivity index (χ1) is 19.2. The Bertz CT molecular complexity index is 1280. The summed E-state index contributed by atoms with van der Waals surface area (Å²) in [6.07, 6.45) is 12.7. The fourth-order valence-electron chi connectivity index (χ4n) is 6.88. The van der Waals surface area contributed by atoms with Gasteiger partial charge in [0.05, 0.1) is 18.8 Å². The van der Waals surface area contributed by atoms with Crippen LogP contribution in [0.15, 0.2) is 54.7 Å². The Morgan fingerprint density at radius 1 is 0.846 bits per heavy atom. The van der Waals surface area contributed by atoms with Crippen LogP contribution in [-0.2, 0) is 11.3 Å². The summed E-state index contributed by atoms with van der Waals surface area (Å²) in [5.41, 5.74) is 4.10. The summed E-state index contributed by atoms with van der Waals surface area (Å²) in [5, 5.41) is 4.28. The molecule has 2 aromatic carbocycles. The predicted molar refractivity (Wildman–Crippen MR) is 154 cm³/mol. The van der Waals surface area contributed by atoms with Crippen LogP contribution in [0.25, 0.3) is 10.9 Å². The van der Waals surface area contributed by atoms with E-state index in [1.54, 1.807) is 0 Å². The van der Waals surface area contributed by atoms with Crippen molar-refractivity contribution in [2.45, 2.75) is 76.3 Å². The number of ether oxygens (including phenoxy) is 1. The minimum Gasteiger partial charge on any atom is -0.378 e. The number of amides is 2. The van der Waals surface area contributed by atoms with Crippen LogP contribution in [0.3, 0.4) is 0 Å². The average molecular weight is 528 g/mol. The second-order valence-corrected chi connectivity index (χ2v) is 11.8. The second kappa shape index (κ2) is 12.0. The minimum atomic E-state index is 0.0718.